The maximum absolute atomic E-state index is 12.9. The standard InChI is InChI=1S/C22H23N3O3/c1-27-20-9-7-17(8-10-20)14-24-11-12-28-21(22(24)26)13-18-15-25(16-23-18)19-5-3-2-4-6-19/h2-10,15-16,21H,11-14H2,1H3. The molecular weight excluding hydrogens is 354 g/mol. The first kappa shape index (κ1) is 18.3. The lowest BCUT2D eigenvalue weighted by molar-refractivity contribution is -0.153. The van der Waals surface area contributed by atoms with E-state index >= 15 is 0 Å². The van der Waals surface area contributed by atoms with E-state index in [4.69, 9.17) is 9.47 Å². The number of ether oxygens (including phenoxy) is 2. The molecule has 1 saturated heterocycles. The molecule has 0 radical (unpaired) electrons. The molecule has 1 aromatic heterocycles. The molecule has 1 aliphatic rings. The quantitative estimate of drug-likeness (QED) is 0.663. The van der Waals surface area contributed by atoms with Crippen LogP contribution in [-0.4, -0.2) is 46.7 Å². The van der Waals surface area contributed by atoms with Gasteiger partial charge in [0.15, 0.2) is 0 Å². The molecule has 6 nitrogen and oxygen atoms in total. The maximum Gasteiger partial charge on any atom is 0.252 e. The summed E-state index contributed by atoms with van der Waals surface area (Å²) in [7, 11) is 1.64. The molecule has 1 atom stereocenters. The molecule has 0 spiro atoms. The molecule has 1 fully saturated rings. The Morgan fingerprint density at radius 1 is 1.14 bits per heavy atom. The van der Waals surface area contributed by atoms with Crippen molar-refractivity contribution in [2.24, 2.45) is 0 Å². The van der Waals surface area contributed by atoms with Crippen molar-refractivity contribution in [3.8, 4) is 11.4 Å². The van der Waals surface area contributed by atoms with E-state index < -0.39 is 6.10 Å². The second-order valence-corrected chi connectivity index (χ2v) is 6.78. The van der Waals surface area contributed by atoms with Gasteiger partial charge in [-0.2, -0.15) is 0 Å². The van der Waals surface area contributed by atoms with Gasteiger partial charge in [-0.25, -0.2) is 4.98 Å². The Morgan fingerprint density at radius 2 is 1.93 bits per heavy atom. The van der Waals surface area contributed by atoms with Crippen molar-refractivity contribution in [3.63, 3.8) is 0 Å². The monoisotopic (exact) mass is 377 g/mol. The number of carbonyl (C=O) groups is 1. The minimum absolute atomic E-state index is 0.0105. The summed E-state index contributed by atoms with van der Waals surface area (Å²) in [4.78, 5) is 19.2. The normalized spacial score (nSPS) is 17.0. The van der Waals surface area contributed by atoms with Crippen LogP contribution in [0.2, 0.25) is 0 Å². The number of benzene rings is 2. The number of rotatable bonds is 6. The van der Waals surface area contributed by atoms with Crippen molar-refractivity contribution < 1.29 is 14.3 Å². The van der Waals surface area contributed by atoms with Crippen LogP contribution in [0.3, 0.4) is 0 Å². The lowest BCUT2D eigenvalue weighted by Gasteiger charge is -2.32. The second kappa shape index (κ2) is 8.27. The van der Waals surface area contributed by atoms with Gasteiger partial charge in [0, 0.05) is 31.4 Å². The summed E-state index contributed by atoms with van der Waals surface area (Å²) in [6.07, 6.45) is 3.70. The predicted octanol–water partition coefficient (Wildman–Crippen LogP) is 2.85. The van der Waals surface area contributed by atoms with Crippen LogP contribution in [-0.2, 0) is 22.5 Å². The average Bonchev–Trinajstić information content (AvgIpc) is 3.21. The van der Waals surface area contributed by atoms with Crippen LogP contribution in [0.15, 0.2) is 67.1 Å². The fourth-order valence-corrected chi connectivity index (χ4v) is 3.35. The predicted molar refractivity (Wildman–Crippen MR) is 105 cm³/mol. The number of methoxy groups -OCH3 is 1. The average molecular weight is 377 g/mol. The molecule has 6 heteroatoms. The molecule has 2 aromatic carbocycles. The van der Waals surface area contributed by atoms with Gasteiger partial charge in [0.25, 0.3) is 5.91 Å². The van der Waals surface area contributed by atoms with E-state index in [0.717, 1.165) is 22.7 Å². The largest absolute Gasteiger partial charge is 0.497 e. The molecule has 1 aliphatic heterocycles. The van der Waals surface area contributed by atoms with Gasteiger partial charge in [-0.15, -0.1) is 0 Å². The van der Waals surface area contributed by atoms with Crippen LogP contribution < -0.4 is 4.74 Å². The molecule has 144 valence electrons. The molecular formula is C22H23N3O3. The van der Waals surface area contributed by atoms with Crippen molar-refractivity contribution >= 4 is 5.91 Å². The van der Waals surface area contributed by atoms with Crippen molar-refractivity contribution in [2.45, 2.75) is 19.1 Å². The number of morpholine rings is 1. The molecule has 4 rings (SSSR count). The third kappa shape index (κ3) is 4.07. The third-order valence-electron chi connectivity index (χ3n) is 4.88. The fraction of sp³-hybridized carbons (Fsp3) is 0.273. The lowest BCUT2D eigenvalue weighted by atomic mass is 10.1. The van der Waals surface area contributed by atoms with Crippen molar-refractivity contribution in [1.29, 1.82) is 0 Å². The smallest absolute Gasteiger partial charge is 0.252 e. The zero-order chi connectivity index (χ0) is 19.3. The number of hydrogen-bond donors (Lipinski definition) is 0. The molecule has 3 aromatic rings. The van der Waals surface area contributed by atoms with E-state index in [1.165, 1.54) is 0 Å². The Bertz CT molecular complexity index is 922. The van der Waals surface area contributed by atoms with Crippen LogP contribution in [0.1, 0.15) is 11.3 Å². The molecule has 2 heterocycles. The van der Waals surface area contributed by atoms with E-state index in [-0.39, 0.29) is 5.91 Å². The van der Waals surface area contributed by atoms with Crippen LogP contribution >= 0.6 is 0 Å². The van der Waals surface area contributed by atoms with Gasteiger partial charge in [-0.05, 0) is 29.8 Å². The summed E-state index contributed by atoms with van der Waals surface area (Å²) in [6, 6.07) is 17.8. The number of para-hydroxylation sites is 1. The highest BCUT2D eigenvalue weighted by Gasteiger charge is 2.30. The second-order valence-electron chi connectivity index (χ2n) is 6.78. The van der Waals surface area contributed by atoms with Crippen LogP contribution in [0.25, 0.3) is 5.69 Å². The van der Waals surface area contributed by atoms with Crippen molar-refractivity contribution in [1.82, 2.24) is 14.5 Å². The molecule has 1 amide bonds. The van der Waals surface area contributed by atoms with Crippen LogP contribution in [0.4, 0.5) is 0 Å². The minimum Gasteiger partial charge on any atom is -0.497 e. The van der Waals surface area contributed by atoms with E-state index in [1.54, 1.807) is 13.4 Å². The summed E-state index contributed by atoms with van der Waals surface area (Å²) in [5, 5.41) is 0. The topological polar surface area (TPSA) is 56.6 Å². The molecule has 0 saturated carbocycles. The third-order valence-corrected chi connectivity index (χ3v) is 4.88. The minimum atomic E-state index is -0.494. The van der Waals surface area contributed by atoms with E-state index in [2.05, 4.69) is 4.98 Å². The van der Waals surface area contributed by atoms with Gasteiger partial charge in [0.1, 0.15) is 11.9 Å². The number of carbonyl (C=O) groups excluding carboxylic acids is 1. The fourth-order valence-electron chi connectivity index (χ4n) is 3.35. The molecule has 0 aliphatic carbocycles. The highest BCUT2D eigenvalue weighted by molar-refractivity contribution is 5.81. The van der Waals surface area contributed by atoms with Gasteiger partial charge in [-0.1, -0.05) is 30.3 Å². The summed E-state index contributed by atoms with van der Waals surface area (Å²) >= 11 is 0. The summed E-state index contributed by atoms with van der Waals surface area (Å²) in [5.74, 6) is 0.820. The Labute approximate surface area is 164 Å². The number of hydrogen-bond acceptors (Lipinski definition) is 4. The van der Waals surface area contributed by atoms with Gasteiger partial charge in [-0.3, -0.25) is 4.79 Å². The van der Waals surface area contributed by atoms with E-state index in [1.807, 2.05) is 70.3 Å². The summed E-state index contributed by atoms with van der Waals surface area (Å²) in [6.45, 7) is 1.70. The van der Waals surface area contributed by atoms with E-state index in [0.29, 0.717) is 26.1 Å². The zero-order valence-corrected chi connectivity index (χ0v) is 15.8. The van der Waals surface area contributed by atoms with E-state index in [9.17, 15) is 4.79 Å². The number of nitrogens with zero attached hydrogens (tertiary/aromatic N) is 3. The van der Waals surface area contributed by atoms with Gasteiger partial charge in [0.2, 0.25) is 0 Å². The summed E-state index contributed by atoms with van der Waals surface area (Å²) < 4.78 is 12.9. The van der Waals surface area contributed by atoms with Crippen molar-refractivity contribution in [2.75, 3.05) is 20.3 Å². The highest BCUT2D eigenvalue weighted by Crippen LogP contribution is 2.18. The first-order valence-corrected chi connectivity index (χ1v) is 9.34. The first-order valence-electron chi connectivity index (χ1n) is 9.34. The highest BCUT2D eigenvalue weighted by atomic mass is 16.5. The molecule has 28 heavy (non-hydrogen) atoms. The van der Waals surface area contributed by atoms with Gasteiger partial charge < -0.3 is 18.9 Å². The number of aromatic nitrogens is 2. The van der Waals surface area contributed by atoms with Gasteiger partial charge >= 0.3 is 0 Å². The Morgan fingerprint density at radius 3 is 2.68 bits per heavy atom. The summed E-state index contributed by atoms with van der Waals surface area (Å²) in [5.41, 5.74) is 2.95. The number of amides is 1. The van der Waals surface area contributed by atoms with Crippen LogP contribution in [0.5, 0.6) is 5.75 Å². The van der Waals surface area contributed by atoms with Crippen molar-refractivity contribution in [3.05, 3.63) is 78.4 Å². The zero-order valence-electron chi connectivity index (χ0n) is 15.8. The van der Waals surface area contributed by atoms with Crippen LogP contribution in [0, 0.1) is 0 Å². The van der Waals surface area contributed by atoms with Gasteiger partial charge in [0.05, 0.1) is 25.7 Å². The molecule has 0 N–H and O–H groups in total. The number of imidazole rings is 1. The Kier molecular flexibility index (Phi) is 5.39. The first-order chi connectivity index (χ1) is 13.7. The maximum atomic E-state index is 12.9. The Balaban J connectivity index is 1.41. The lowest BCUT2D eigenvalue weighted by Crippen LogP contribution is -2.48. The molecule has 1 unspecified atom stereocenters. The molecule has 0 bridgehead atoms. The SMILES string of the molecule is COc1ccc(CN2CCOC(Cc3cn(-c4ccccc4)cn3)C2=O)cc1. The Hall–Kier alpha value is -3.12.